The Balaban J connectivity index is 2.41. The van der Waals surface area contributed by atoms with Gasteiger partial charge in [-0.1, -0.05) is 35.3 Å². The largest absolute Gasteiger partial charge is 0.435 e. The van der Waals surface area contributed by atoms with E-state index >= 15 is 0 Å². The summed E-state index contributed by atoms with van der Waals surface area (Å²) in [7, 11) is 0. The molecule has 20 heavy (non-hydrogen) atoms. The van der Waals surface area contributed by atoms with Gasteiger partial charge in [-0.25, -0.2) is 4.68 Å². The predicted octanol–water partition coefficient (Wildman–Crippen LogP) is 3.75. The van der Waals surface area contributed by atoms with Gasteiger partial charge in [0.05, 0.1) is 13.2 Å². The number of nitrogens with zero attached hydrogens (tertiary/aromatic N) is 2. The van der Waals surface area contributed by atoms with Crippen LogP contribution in [-0.4, -0.2) is 14.9 Å². The van der Waals surface area contributed by atoms with Crippen molar-refractivity contribution in [2.45, 2.75) is 19.3 Å². The summed E-state index contributed by atoms with van der Waals surface area (Å²) in [5.74, 6) is 0. The summed E-state index contributed by atoms with van der Waals surface area (Å²) in [5.41, 5.74) is -0.951. The average Bonchev–Trinajstić information content (AvgIpc) is 2.66. The number of benzene rings is 1. The Morgan fingerprint density at radius 3 is 2.45 bits per heavy atom. The lowest BCUT2D eigenvalue weighted by Crippen LogP contribution is -2.10. The molecule has 0 saturated carbocycles. The van der Waals surface area contributed by atoms with E-state index in [1.54, 1.807) is 24.3 Å². The second-order valence-electron chi connectivity index (χ2n) is 4.06. The van der Waals surface area contributed by atoms with Crippen LogP contribution in [0.1, 0.15) is 16.8 Å². The first kappa shape index (κ1) is 15.2. The smallest absolute Gasteiger partial charge is 0.391 e. The number of alkyl halides is 3. The number of halogens is 5. The summed E-state index contributed by atoms with van der Waals surface area (Å²) in [5, 5.41) is 12.7. The first-order valence-corrected chi connectivity index (χ1v) is 6.26. The molecule has 3 nitrogen and oxygen atoms in total. The molecule has 2 aromatic rings. The minimum absolute atomic E-state index is 0.0302. The molecule has 0 saturated heterocycles. The molecule has 0 fully saturated rings. The minimum Gasteiger partial charge on any atom is -0.391 e. The maximum absolute atomic E-state index is 12.8. The Morgan fingerprint density at radius 2 is 1.95 bits per heavy atom. The van der Waals surface area contributed by atoms with Gasteiger partial charge in [-0.2, -0.15) is 18.3 Å². The molecule has 0 atom stereocenters. The van der Waals surface area contributed by atoms with E-state index in [4.69, 9.17) is 28.3 Å². The number of hydrogen-bond acceptors (Lipinski definition) is 2. The van der Waals surface area contributed by atoms with Crippen LogP contribution in [0.3, 0.4) is 0 Å². The summed E-state index contributed by atoms with van der Waals surface area (Å²) in [6, 6.07) is 6.62. The minimum atomic E-state index is -4.67. The average molecular weight is 325 g/mol. The fourth-order valence-corrected chi connectivity index (χ4v) is 2.22. The van der Waals surface area contributed by atoms with Gasteiger partial charge in [-0.15, -0.1) is 0 Å². The quantitative estimate of drug-likeness (QED) is 0.933. The molecule has 0 amide bonds. The Labute approximate surface area is 122 Å². The van der Waals surface area contributed by atoms with E-state index in [1.165, 1.54) is 0 Å². The number of aliphatic hydroxyl groups excluding tert-OH is 1. The summed E-state index contributed by atoms with van der Waals surface area (Å²) in [6.07, 6.45) is -4.67. The van der Waals surface area contributed by atoms with Crippen LogP contribution in [0.2, 0.25) is 10.2 Å². The molecule has 8 heteroatoms. The molecule has 0 aliphatic rings. The highest BCUT2D eigenvalue weighted by molar-refractivity contribution is 6.30. The third-order valence-corrected chi connectivity index (χ3v) is 3.29. The molecule has 0 spiro atoms. The van der Waals surface area contributed by atoms with Gasteiger partial charge in [0.25, 0.3) is 0 Å². The van der Waals surface area contributed by atoms with Crippen molar-refractivity contribution in [2.24, 2.45) is 0 Å². The third kappa shape index (κ3) is 3.08. The number of rotatable bonds is 3. The Morgan fingerprint density at radius 1 is 1.25 bits per heavy atom. The topological polar surface area (TPSA) is 38.1 Å². The zero-order chi connectivity index (χ0) is 14.9. The van der Waals surface area contributed by atoms with Crippen molar-refractivity contribution in [1.82, 2.24) is 9.78 Å². The zero-order valence-electron chi connectivity index (χ0n) is 9.96. The van der Waals surface area contributed by atoms with E-state index in [-0.39, 0.29) is 11.7 Å². The molecule has 0 radical (unpaired) electrons. The lowest BCUT2D eigenvalue weighted by Gasteiger charge is -2.04. The second kappa shape index (κ2) is 5.63. The molecule has 1 heterocycles. The van der Waals surface area contributed by atoms with Gasteiger partial charge in [0, 0.05) is 10.6 Å². The molecule has 0 aliphatic heterocycles. The van der Waals surface area contributed by atoms with Crippen molar-refractivity contribution in [3.8, 4) is 0 Å². The lowest BCUT2D eigenvalue weighted by molar-refractivity contribution is -0.142. The molecular weight excluding hydrogens is 316 g/mol. The molecule has 108 valence electrons. The summed E-state index contributed by atoms with van der Waals surface area (Å²) >= 11 is 11.6. The standard InChI is InChI=1S/C12H9Cl2F3N2O/c13-8-3-1-2-7(4-8)5-19-11(14)9(6-20)10(18-19)12(15,16)17/h1-4,20H,5-6H2. The second-order valence-corrected chi connectivity index (χ2v) is 4.86. The van der Waals surface area contributed by atoms with E-state index in [0.29, 0.717) is 10.6 Å². The van der Waals surface area contributed by atoms with Crippen LogP contribution < -0.4 is 0 Å². The number of aromatic nitrogens is 2. The van der Waals surface area contributed by atoms with Gasteiger partial charge in [0.15, 0.2) is 5.69 Å². The lowest BCUT2D eigenvalue weighted by atomic mass is 10.2. The Kier molecular flexibility index (Phi) is 4.27. The Hall–Kier alpha value is -1.24. The van der Waals surface area contributed by atoms with Crippen molar-refractivity contribution >= 4 is 23.2 Å². The van der Waals surface area contributed by atoms with Crippen LogP contribution in [0.25, 0.3) is 0 Å². The molecular formula is C12H9Cl2F3N2O. The summed E-state index contributed by atoms with van der Waals surface area (Å²) in [4.78, 5) is 0. The van der Waals surface area contributed by atoms with Gasteiger partial charge in [-0.3, -0.25) is 0 Å². The van der Waals surface area contributed by atoms with Crippen LogP contribution in [0.4, 0.5) is 13.2 Å². The normalized spacial score (nSPS) is 11.9. The fraction of sp³-hybridized carbons (Fsp3) is 0.250. The van der Waals surface area contributed by atoms with Crippen molar-refractivity contribution in [1.29, 1.82) is 0 Å². The number of aliphatic hydroxyl groups is 1. The van der Waals surface area contributed by atoms with Crippen molar-refractivity contribution < 1.29 is 18.3 Å². The van der Waals surface area contributed by atoms with Crippen molar-refractivity contribution in [2.75, 3.05) is 0 Å². The third-order valence-electron chi connectivity index (χ3n) is 2.63. The van der Waals surface area contributed by atoms with E-state index < -0.39 is 24.0 Å². The summed E-state index contributed by atoms with van der Waals surface area (Å²) in [6.45, 7) is -0.800. The molecule has 1 aromatic heterocycles. The van der Waals surface area contributed by atoms with Gasteiger partial charge < -0.3 is 5.11 Å². The molecule has 1 N–H and O–H groups in total. The van der Waals surface area contributed by atoms with Crippen LogP contribution in [0.5, 0.6) is 0 Å². The van der Waals surface area contributed by atoms with Crippen molar-refractivity contribution in [3.63, 3.8) is 0 Å². The predicted molar refractivity (Wildman–Crippen MR) is 68.7 cm³/mol. The molecule has 0 aliphatic carbocycles. The van der Waals surface area contributed by atoms with E-state index in [1.807, 2.05) is 0 Å². The van der Waals surface area contributed by atoms with E-state index in [9.17, 15) is 13.2 Å². The molecule has 0 bridgehead atoms. The van der Waals surface area contributed by atoms with Crippen LogP contribution in [-0.2, 0) is 19.3 Å². The van der Waals surface area contributed by atoms with Gasteiger partial charge in [0.1, 0.15) is 5.15 Å². The first-order valence-electron chi connectivity index (χ1n) is 5.50. The monoisotopic (exact) mass is 324 g/mol. The van der Waals surface area contributed by atoms with Crippen LogP contribution >= 0.6 is 23.2 Å². The van der Waals surface area contributed by atoms with Crippen molar-refractivity contribution in [3.05, 3.63) is 51.3 Å². The highest BCUT2D eigenvalue weighted by atomic mass is 35.5. The van der Waals surface area contributed by atoms with Gasteiger partial charge in [-0.05, 0) is 17.7 Å². The highest BCUT2D eigenvalue weighted by Crippen LogP contribution is 2.34. The molecule has 1 aromatic carbocycles. The fourth-order valence-electron chi connectivity index (χ4n) is 1.76. The van der Waals surface area contributed by atoms with Gasteiger partial charge in [0.2, 0.25) is 0 Å². The van der Waals surface area contributed by atoms with E-state index in [0.717, 1.165) is 4.68 Å². The molecule has 0 unspecified atom stereocenters. The highest BCUT2D eigenvalue weighted by Gasteiger charge is 2.38. The van der Waals surface area contributed by atoms with Crippen LogP contribution in [0.15, 0.2) is 24.3 Å². The molecule has 2 rings (SSSR count). The number of hydrogen-bond donors (Lipinski definition) is 1. The SMILES string of the molecule is OCc1c(C(F)(F)F)nn(Cc2cccc(Cl)c2)c1Cl. The summed E-state index contributed by atoms with van der Waals surface area (Å²) < 4.78 is 39.3. The maximum atomic E-state index is 12.8. The van der Waals surface area contributed by atoms with E-state index in [2.05, 4.69) is 5.10 Å². The first-order chi connectivity index (χ1) is 9.32. The van der Waals surface area contributed by atoms with Gasteiger partial charge >= 0.3 is 6.18 Å². The maximum Gasteiger partial charge on any atom is 0.435 e. The zero-order valence-corrected chi connectivity index (χ0v) is 11.5. The Bertz CT molecular complexity index is 626. The van der Waals surface area contributed by atoms with Crippen LogP contribution in [0, 0.1) is 0 Å².